The van der Waals surface area contributed by atoms with Gasteiger partial charge in [0.15, 0.2) is 0 Å². The summed E-state index contributed by atoms with van der Waals surface area (Å²) in [6, 6.07) is 9.81. The Hall–Kier alpha value is -2.28. The van der Waals surface area contributed by atoms with Crippen LogP contribution in [0.25, 0.3) is 0 Å². The van der Waals surface area contributed by atoms with Crippen LogP contribution in [0.15, 0.2) is 36.5 Å². The van der Waals surface area contributed by atoms with E-state index in [-0.39, 0.29) is 11.8 Å². The predicted octanol–water partition coefficient (Wildman–Crippen LogP) is 1.80. The summed E-state index contributed by atoms with van der Waals surface area (Å²) in [5.41, 5.74) is 0.430. The van der Waals surface area contributed by atoms with Crippen LogP contribution in [0, 0.1) is 0 Å². The minimum Gasteiger partial charge on any atom is -0.338 e. The highest BCUT2D eigenvalue weighted by molar-refractivity contribution is 7.07. The number of carbonyl (C=O) groups is 2. The van der Waals surface area contributed by atoms with Gasteiger partial charge in [-0.1, -0.05) is 34.8 Å². The smallest absolute Gasteiger partial charge is 0.267 e. The molecular formula is C17H20N4O2S. The van der Waals surface area contributed by atoms with Gasteiger partial charge in [0, 0.05) is 26.2 Å². The topological polar surface area (TPSA) is 66.4 Å². The Balaban J connectivity index is 1.64. The first-order valence-electron chi connectivity index (χ1n) is 7.91. The Kier molecular flexibility index (Phi) is 4.62. The van der Waals surface area contributed by atoms with E-state index in [1.807, 2.05) is 49.1 Å². The number of benzene rings is 1. The van der Waals surface area contributed by atoms with Gasteiger partial charge < -0.3 is 9.80 Å². The highest BCUT2D eigenvalue weighted by Crippen LogP contribution is 2.26. The summed E-state index contributed by atoms with van der Waals surface area (Å²) in [6.45, 7) is 6.07. The molecule has 24 heavy (non-hydrogen) atoms. The highest BCUT2D eigenvalue weighted by Gasteiger charge is 2.35. The monoisotopic (exact) mass is 344 g/mol. The van der Waals surface area contributed by atoms with Crippen molar-refractivity contribution in [1.82, 2.24) is 19.4 Å². The first kappa shape index (κ1) is 16.6. The van der Waals surface area contributed by atoms with Crippen LogP contribution < -0.4 is 0 Å². The Morgan fingerprint density at radius 2 is 1.67 bits per heavy atom. The Bertz CT molecular complexity index is 707. The molecule has 6 nitrogen and oxygen atoms in total. The molecule has 0 atom stereocenters. The number of hydrogen-bond acceptors (Lipinski definition) is 5. The van der Waals surface area contributed by atoms with Gasteiger partial charge in [0.05, 0.1) is 11.6 Å². The number of hydrogen-bond donors (Lipinski definition) is 0. The van der Waals surface area contributed by atoms with E-state index < -0.39 is 5.41 Å². The number of amides is 2. The molecule has 126 valence electrons. The molecule has 1 aliphatic heterocycles. The summed E-state index contributed by atoms with van der Waals surface area (Å²) in [5, 5.41) is 3.70. The van der Waals surface area contributed by atoms with Crippen molar-refractivity contribution >= 4 is 23.3 Å². The molecular weight excluding hydrogens is 324 g/mol. The molecule has 2 heterocycles. The summed E-state index contributed by atoms with van der Waals surface area (Å²) in [6.07, 6.45) is 1.49. The standard InChI is InChI=1S/C17H20N4O2S/c1-17(2,13-6-4-3-5-7-13)16(23)21-10-8-20(9-11-21)15(22)14-12-18-19-24-14/h3-7,12H,8-11H2,1-2H3. The van der Waals surface area contributed by atoms with Gasteiger partial charge in [0.2, 0.25) is 5.91 Å². The number of carbonyl (C=O) groups excluding carboxylic acids is 2. The lowest BCUT2D eigenvalue weighted by molar-refractivity contribution is -0.137. The quantitative estimate of drug-likeness (QED) is 0.852. The van der Waals surface area contributed by atoms with E-state index >= 15 is 0 Å². The molecule has 0 aliphatic carbocycles. The van der Waals surface area contributed by atoms with Crippen molar-refractivity contribution in [3.05, 3.63) is 47.0 Å². The van der Waals surface area contributed by atoms with Crippen molar-refractivity contribution in [2.24, 2.45) is 0 Å². The van der Waals surface area contributed by atoms with E-state index in [2.05, 4.69) is 9.59 Å². The van der Waals surface area contributed by atoms with E-state index in [4.69, 9.17) is 0 Å². The van der Waals surface area contributed by atoms with Gasteiger partial charge in [-0.3, -0.25) is 9.59 Å². The molecule has 0 radical (unpaired) electrons. The second-order valence-corrected chi connectivity index (χ2v) is 7.14. The van der Waals surface area contributed by atoms with E-state index in [1.165, 1.54) is 6.20 Å². The second kappa shape index (κ2) is 6.68. The van der Waals surface area contributed by atoms with Gasteiger partial charge >= 0.3 is 0 Å². The summed E-state index contributed by atoms with van der Waals surface area (Å²) >= 11 is 1.10. The largest absolute Gasteiger partial charge is 0.338 e. The maximum absolute atomic E-state index is 12.9. The highest BCUT2D eigenvalue weighted by atomic mass is 32.1. The number of nitrogens with zero attached hydrogens (tertiary/aromatic N) is 4. The average molecular weight is 344 g/mol. The minimum atomic E-state index is -0.574. The van der Waals surface area contributed by atoms with Gasteiger partial charge in [0.25, 0.3) is 5.91 Å². The third-order valence-electron chi connectivity index (χ3n) is 4.46. The predicted molar refractivity (Wildman–Crippen MR) is 91.9 cm³/mol. The zero-order valence-corrected chi connectivity index (χ0v) is 14.6. The van der Waals surface area contributed by atoms with Crippen LogP contribution in [0.1, 0.15) is 29.1 Å². The Morgan fingerprint density at radius 1 is 1.04 bits per heavy atom. The first-order valence-corrected chi connectivity index (χ1v) is 8.69. The first-order chi connectivity index (χ1) is 11.5. The fraction of sp³-hybridized carbons (Fsp3) is 0.412. The molecule has 2 amide bonds. The van der Waals surface area contributed by atoms with Gasteiger partial charge in [-0.15, -0.1) is 5.10 Å². The Morgan fingerprint density at radius 3 is 2.25 bits per heavy atom. The zero-order chi connectivity index (χ0) is 17.2. The maximum atomic E-state index is 12.9. The third-order valence-corrected chi connectivity index (χ3v) is 5.11. The average Bonchev–Trinajstić information content (AvgIpc) is 3.16. The lowest BCUT2D eigenvalue weighted by Crippen LogP contribution is -2.54. The van der Waals surface area contributed by atoms with Crippen LogP contribution in [0.5, 0.6) is 0 Å². The number of piperazine rings is 1. The maximum Gasteiger partial charge on any atom is 0.267 e. The molecule has 0 saturated carbocycles. The normalized spacial score (nSPS) is 15.4. The van der Waals surface area contributed by atoms with Crippen LogP contribution in [-0.2, 0) is 10.2 Å². The summed E-state index contributed by atoms with van der Waals surface area (Å²) in [4.78, 5) is 29.4. The molecule has 1 fully saturated rings. The molecule has 0 unspecified atom stereocenters. The van der Waals surface area contributed by atoms with Crippen molar-refractivity contribution < 1.29 is 9.59 Å². The van der Waals surface area contributed by atoms with Crippen molar-refractivity contribution in [3.63, 3.8) is 0 Å². The molecule has 3 rings (SSSR count). The summed E-state index contributed by atoms with van der Waals surface area (Å²) in [5.74, 6) is 0.0414. The molecule has 2 aromatic rings. The molecule has 1 saturated heterocycles. The molecule has 0 bridgehead atoms. The lowest BCUT2D eigenvalue weighted by Gasteiger charge is -2.38. The van der Waals surface area contributed by atoms with E-state index in [9.17, 15) is 9.59 Å². The summed E-state index contributed by atoms with van der Waals surface area (Å²) in [7, 11) is 0. The lowest BCUT2D eigenvalue weighted by atomic mass is 9.83. The van der Waals surface area contributed by atoms with E-state index in [0.29, 0.717) is 31.1 Å². The van der Waals surface area contributed by atoms with E-state index in [0.717, 1.165) is 17.1 Å². The number of aromatic nitrogens is 2. The van der Waals surface area contributed by atoms with Crippen LogP contribution in [-0.4, -0.2) is 57.4 Å². The summed E-state index contributed by atoms with van der Waals surface area (Å²) < 4.78 is 3.73. The molecule has 0 spiro atoms. The van der Waals surface area contributed by atoms with Crippen LogP contribution in [0.2, 0.25) is 0 Å². The van der Waals surface area contributed by atoms with Gasteiger partial charge in [-0.25, -0.2) is 0 Å². The molecule has 1 aliphatic rings. The van der Waals surface area contributed by atoms with Gasteiger partial charge in [-0.05, 0) is 30.9 Å². The van der Waals surface area contributed by atoms with Crippen molar-refractivity contribution in [2.45, 2.75) is 19.3 Å². The minimum absolute atomic E-state index is 0.0561. The van der Waals surface area contributed by atoms with Gasteiger partial charge in [0.1, 0.15) is 4.88 Å². The van der Waals surface area contributed by atoms with Crippen molar-refractivity contribution in [3.8, 4) is 0 Å². The van der Waals surface area contributed by atoms with Crippen LogP contribution in [0.4, 0.5) is 0 Å². The molecule has 1 aromatic carbocycles. The zero-order valence-electron chi connectivity index (χ0n) is 13.8. The number of rotatable bonds is 3. The van der Waals surface area contributed by atoms with Gasteiger partial charge in [-0.2, -0.15) is 0 Å². The molecule has 0 N–H and O–H groups in total. The SMILES string of the molecule is CC(C)(C(=O)N1CCN(C(=O)c2cnns2)CC1)c1ccccc1. The van der Waals surface area contributed by atoms with Crippen LogP contribution >= 0.6 is 11.5 Å². The van der Waals surface area contributed by atoms with Crippen molar-refractivity contribution in [1.29, 1.82) is 0 Å². The van der Waals surface area contributed by atoms with E-state index in [1.54, 1.807) is 4.90 Å². The molecule has 1 aromatic heterocycles. The van der Waals surface area contributed by atoms with Crippen LogP contribution in [0.3, 0.4) is 0 Å². The molecule has 7 heteroatoms. The third kappa shape index (κ3) is 3.17. The second-order valence-electron chi connectivity index (χ2n) is 6.36. The Labute approximate surface area is 145 Å². The fourth-order valence-electron chi connectivity index (χ4n) is 2.90. The fourth-order valence-corrected chi connectivity index (χ4v) is 3.39. The van der Waals surface area contributed by atoms with Crippen molar-refractivity contribution in [2.75, 3.05) is 26.2 Å².